The summed E-state index contributed by atoms with van der Waals surface area (Å²) in [5, 5.41) is 0.350. The van der Waals surface area contributed by atoms with Gasteiger partial charge < -0.3 is 9.64 Å². The maximum Gasteiger partial charge on any atom is 0.243 e. The van der Waals surface area contributed by atoms with Crippen molar-refractivity contribution < 1.29 is 17.5 Å². The highest BCUT2D eigenvalue weighted by Gasteiger charge is 2.32. The summed E-state index contributed by atoms with van der Waals surface area (Å²) >= 11 is 6.03. The monoisotopic (exact) mass is 502 g/mol. The summed E-state index contributed by atoms with van der Waals surface area (Å²) in [5.74, 6) is 0.681. The molecule has 0 N–H and O–H groups in total. The van der Waals surface area contributed by atoms with Crippen molar-refractivity contribution in [3.8, 4) is 11.6 Å². The Morgan fingerprint density at radius 1 is 0.971 bits per heavy atom. The predicted molar refractivity (Wildman–Crippen MR) is 127 cm³/mol. The maximum atomic E-state index is 13.8. The van der Waals surface area contributed by atoms with Crippen molar-refractivity contribution in [1.82, 2.24) is 14.3 Å². The minimum absolute atomic E-state index is 0.0507. The standard InChI is InChI=1S/C24H24ClFN4O3S/c25-17-6-4-9-20(14-17)34(31,32)30-13-10-22-21(16-30)23(33-19-8-5-7-18(26)15-19)28-24(27-22)29-11-2-1-3-12-29/h4-9,14-15H,1-3,10-13,16H2. The minimum Gasteiger partial charge on any atom is -0.438 e. The van der Waals surface area contributed by atoms with Gasteiger partial charge in [0.05, 0.1) is 16.2 Å². The molecule has 0 atom stereocenters. The number of fused-ring (bicyclic) bond motifs is 1. The quantitative estimate of drug-likeness (QED) is 0.499. The van der Waals surface area contributed by atoms with E-state index < -0.39 is 15.8 Å². The molecule has 1 fully saturated rings. The van der Waals surface area contributed by atoms with E-state index in [1.165, 1.54) is 35.0 Å². The van der Waals surface area contributed by atoms with Gasteiger partial charge in [0, 0.05) is 43.7 Å². The van der Waals surface area contributed by atoms with Crippen LogP contribution in [0.2, 0.25) is 5.02 Å². The highest BCUT2D eigenvalue weighted by atomic mass is 35.5. The lowest BCUT2D eigenvalue weighted by Gasteiger charge is -2.31. The highest BCUT2D eigenvalue weighted by molar-refractivity contribution is 7.89. The molecule has 0 bridgehead atoms. The van der Waals surface area contributed by atoms with E-state index >= 15 is 0 Å². The molecule has 2 aliphatic heterocycles. The van der Waals surface area contributed by atoms with Crippen LogP contribution in [0.15, 0.2) is 53.4 Å². The Bertz CT molecular complexity index is 1320. The summed E-state index contributed by atoms with van der Waals surface area (Å²) < 4.78 is 47.8. The molecule has 178 valence electrons. The van der Waals surface area contributed by atoms with Crippen molar-refractivity contribution in [2.24, 2.45) is 0 Å². The second-order valence-corrected chi connectivity index (χ2v) is 10.8. The molecule has 2 aliphatic rings. The van der Waals surface area contributed by atoms with Gasteiger partial charge in [-0.3, -0.25) is 0 Å². The first-order chi connectivity index (χ1) is 16.4. The van der Waals surface area contributed by atoms with Crippen LogP contribution >= 0.6 is 11.6 Å². The number of hydrogen-bond acceptors (Lipinski definition) is 6. The second-order valence-electron chi connectivity index (χ2n) is 8.41. The molecule has 3 aromatic rings. The van der Waals surface area contributed by atoms with E-state index in [-0.39, 0.29) is 23.9 Å². The van der Waals surface area contributed by atoms with E-state index in [2.05, 4.69) is 9.88 Å². The number of ether oxygens (including phenoxy) is 1. The van der Waals surface area contributed by atoms with Crippen molar-refractivity contribution >= 4 is 27.6 Å². The Kier molecular flexibility index (Phi) is 6.42. The van der Waals surface area contributed by atoms with Crippen molar-refractivity contribution in [3.05, 3.63) is 70.6 Å². The molecule has 0 radical (unpaired) electrons. The summed E-state index contributed by atoms with van der Waals surface area (Å²) in [6.45, 7) is 2.04. The third-order valence-electron chi connectivity index (χ3n) is 6.06. The largest absolute Gasteiger partial charge is 0.438 e. The molecule has 10 heteroatoms. The summed E-state index contributed by atoms with van der Waals surface area (Å²) in [7, 11) is -3.79. The van der Waals surface area contributed by atoms with E-state index in [1.54, 1.807) is 24.3 Å². The van der Waals surface area contributed by atoms with Crippen LogP contribution < -0.4 is 9.64 Å². The van der Waals surface area contributed by atoms with Crippen LogP contribution in [-0.4, -0.2) is 42.3 Å². The minimum atomic E-state index is -3.79. The van der Waals surface area contributed by atoms with E-state index in [4.69, 9.17) is 21.3 Å². The number of rotatable bonds is 5. The summed E-state index contributed by atoms with van der Waals surface area (Å²) in [4.78, 5) is 11.7. The summed E-state index contributed by atoms with van der Waals surface area (Å²) in [5.41, 5.74) is 1.33. The normalized spacial score (nSPS) is 16.8. The maximum absolute atomic E-state index is 13.8. The third kappa shape index (κ3) is 4.73. The molecule has 0 saturated carbocycles. The fourth-order valence-electron chi connectivity index (χ4n) is 4.29. The lowest BCUT2D eigenvalue weighted by Crippen LogP contribution is -2.37. The number of hydrogen-bond donors (Lipinski definition) is 0. The molecule has 1 saturated heterocycles. The Morgan fingerprint density at radius 3 is 2.53 bits per heavy atom. The molecule has 7 nitrogen and oxygen atoms in total. The van der Waals surface area contributed by atoms with Crippen molar-refractivity contribution in [1.29, 1.82) is 0 Å². The molecule has 2 aromatic carbocycles. The van der Waals surface area contributed by atoms with Crippen molar-refractivity contribution in [2.45, 2.75) is 37.1 Å². The van der Waals surface area contributed by atoms with E-state index in [1.807, 2.05) is 0 Å². The first-order valence-electron chi connectivity index (χ1n) is 11.2. The zero-order valence-corrected chi connectivity index (χ0v) is 20.0. The molecule has 5 rings (SSSR count). The highest BCUT2D eigenvalue weighted by Crippen LogP contribution is 2.34. The number of aromatic nitrogens is 2. The number of benzene rings is 2. The lowest BCUT2D eigenvalue weighted by molar-refractivity contribution is 0.368. The van der Waals surface area contributed by atoms with Crippen LogP contribution in [-0.2, 0) is 23.0 Å². The smallest absolute Gasteiger partial charge is 0.243 e. The van der Waals surface area contributed by atoms with Gasteiger partial charge in [-0.15, -0.1) is 0 Å². The van der Waals surface area contributed by atoms with Crippen LogP contribution in [0.5, 0.6) is 11.6 Å². The predicted octanol–water partition coefficient (Wildman–Crippen LogP) is 4.80. The Labute approximate surface area is 203 Å². The van der Waals surface area contributed by atoms with Gasteiger partial charge in [-0.05, 0) is 49.6 Å². The molecule has 0 spiro atoms. The van der Waals surface area contributed by atoms with Gasteiger partial charge >= 0.3 is 0 Å². The molecular formula is C24H24ClFN4O3S. The summed E-state index contributed by atoms with van der Waals surface area (Å²) in [6.07, 6.45) is 3.71. The van der Waals surface area contributed by atoms with Gasteiger partial charge in [-0.1, -0.05) is 23.7 Å². The molecule has 1 aromatic heterocycles. The van der Waals surface area contributed by atoms with E-state index in [0.29, 0.717) is 28.7 Å². The molecule has 3 heterocycles. The van der Waals surface area contributed by atoms with Crippen molar-refractivity contribution in [3.63, 3.8) is 0 Å². The zero-order chi connectivity index (χ0) is 23.7. The fraction of sp³-hybridized carbons (Fsp3) is 0.333. The first-order valence-corrected chi connectivity index (χ1v) is 13.1. The number of nitrogens with zero attached hydrogens (tertiary/aromatic N) is 4. The number of piperidine rings is 1. The molecular weight excluding hydrogens is 479 g/mol. The molecule has 0 aliphatic carbocycles. The number of anilines is 1. The van der Waals surface area contributed by atoms with Crippen LogP contribution in [0.1, 0.15) is 30.5 Å². The van der Waals surface area contributed by atoms with Crippen molar-refractivity contribution in [2.75, 3.05) is 24.5 Å². The second kappa shape index (κ2) is 9.48. The average Bonchev–Trinajstić information content (AvgIpc) is 2.84. The van der Waals surface area contributed by atoms with Crippen LogP contribution in [0, 0.1) is 5.82 Å². The number of halogens is 2. The van der Waals surface area contributed by atoms with Crippen LogP contribution in [0.25, 0.3) is 0 Å². The molecule has 0 unspecified atom stereocenters. The van der Waals surface area contributed by atoms with Gasteiger partial charge in [0.2, 0.25) is 21.9 Å². The topological polar surface area (TPSA) is 75.6 Å². The lowest BCUT2D eigenvalue weighted by atomic mass is 10.1. The Hall–Kier alpha value is -2.75. The van der Waals surface area contributed by atoms with Crippen LogP contribution in [0.3, 0.4) is 0 Å². The van der Waals surface area contributed by atoms with Gasteiger partial charge in [0.1, 0.15) is 11.6 Å². The van der Waals surface area contributed by atoms with Gasteiger partial charge in [0.15, 0.2) is 0 Å². The average molecular weight is 503 g/mol. The van der Waals surface area contributed by atoms with E-state index in [9.17, 15) is 12.8 Å². The number of sulfonamides is 1. The van der Waals surface area contributed by atoms with Crippen LogP contribution in [0.4, 0.5) is 10.3 Å². The SMILES string of the molecule is O=S(=O)(c1cccc(Cl)c1)N1CCc2nc(N3CCCCC3)nc(Oc3cccc(F)c3)c2C1. The fourth-order valence-corrected chi connectivity index (χ4v) is 6.00. The van der Waals surface area contributed by atoms with Gasteiger partial charge in [-0.25, -0.2) is 17.8 Å². The van der Waals surface area contributed by atoms with E-state index in [0.717, 1.165) is 31.6 Å². The Balaban J connectivity index is 1.52. The zero-order valence-electron chi connectivity index (χ0n) is 18.5. The molecule has 34 heavy (non-hydrogen) atoms. The summed E-state index contributed by atoms with van der Waals surface area (Å²) in [6, 6.07) is 12.0. The third-order valence-corrected chi connectivity index (χ3v) is 8.14. The van der Waals surface area contributed by atoms with Gasteiger partial charge in [0.25, 0.3) is 0 Å². The van der Waals surface area contributed by atoms with Gasteiger partial charge in [-0.2, -0.15) is 9.29 Å². The first kappa shape index (κ1) is 23.0. The molecule has 0 amide bonds. The Morgan fingerprint density at radius 2 is 1.76 bits per heavy atom.